The molecule has 1 unspecified atom stereocenters. The van der Waals surface area contributed by atoms with Crippen molar-refractivity contribution in [3.63, 3.8) is 0 Å². The highest BCUT2D eigenvalue weighted by molar-refractivity contribution is 6.35. The van der Waals surface area contributed by atoms with E-state index in [1.54, 1.807) is 24.4 Å². The summed E-state index contributed by atoms with van der Waals surface area (Å²) in [5.41, 5.74) is 9.91. The van der Waals surface area contributed by atoms with Crippen molar-refractivity contribution in [1.82, 2.24) is 21.0 Å². The van der Waals surface area contributed by atoms with E-state index in [-0.39, 0.29) is 17.3 Å². The molecule has 1 atom stereocenters. The zero-order chi connectivity index (χ0) is 26.7. The molecule has 1 aliphatic heterocycles. The lowest BCUT2D eigenvalue weighted by Gasteiger charge is -2.43. The number of hydrogen-bond donors (Lipinski definition) is 4. The van der Waals surface area contributed by atoms with Gasteiger partial charge in [0.1, 0.15) is 11.9 Å². The average molecular weight is 519 g/mol. The van der Waals surface area contributed by atoms with Crippen molar-refractivity contribution < 1.29 is 5.76 Å². The second kappa shape index (κ2) is 9.09. The van der Waals surface area contributed by atoms with E-state index in [0.717, 1.165) is 25.7 Å². The molecule has 3 aromatic rings. The number of anilines is 2. The molecule has 7 nitrogen and oxygen atoms in total. The van der Waals surface area contributed by atoms with Crippen molar-refractivity contribution in [3.05, 3.63) is 76.5 Å². The smallest absolute Gasteiger partial charge is 0.123 e. The number of nitrogens with one attached hydrogen (secondary N) is 4. The van der Waals surface area contributed by atoms with Crippen LogP contribution in [0.2, 0.25) is 5.02 Å². The first kappa shape index (κ1) is 22.6. The zero-order valence-electron chi connectivity index (χ0n) is 21.7. The Balaban J connectivity index is 1.42. The molecule has 9 heteroatoms. The van der Waals surface area contributed by atoms with Crippen LogP contribution in [0.3, 0.4) is 0 Å². The number of halogens is 2. The molecule has 37 heavy (non-hydrogen) atoms. The van der Waals surface area contributed by atoms with Gasteiger partial charge in [-0.25, -0.2) is 4.39 Å². The first-order valence-electron chi connectivity index (χ1n) is 13.0. The molecular formula is C28H29ClFN7. The molecule has 3 aliphatic rings. The molecule has 2 fully saturated rings. The van der Waals surface area contributed by atoms with Crippen LogP contribution in [0.4, 0.5) is 15.8 Å². The first-order chi connectivity index (χ1) is 18.1. The molecule has 0 spiro atoms. The lowest BCUT2D eigenvalue weighted by Crippen LogP contribution is -2.41. The molecule has 2 aliphatic carbocycles. The van der Waals surface area contributed by atoms with Gasteiger partial charge in [0.05, 0.1) is 34.9 Å². The maximum Gasteiger partial charge on any atom is 0.123 e. The zero-order valence-corrected chi connectivity index (χ0v) is 21.5. The van der Waals surface area contributed by atoms with Crippen molar-refractivity contribution >= 4 is 33.9 Å². The summed E-state index contributed by atoms with van der Waals surface area (Å²) in [5.74, 6) is -0.374. The molecule has 0 radical (unpaired) electrons. The van der Waals surface area contributed by atoms with E-state index in [2.05, 4.69) is 46.5 Å². The predicted molar refractivity (Wildman–Crippen MR) is 144 cm³/mol. The Bertz CT molecular complexity index is 1470. The standard InChI is InChI=1S/C28H29ClFN7/c1-28(2)11-20(12-28)34-25-17(13-31)14-32-27-22(25)9-19(10-23(27)29)33-26(16-3-5-18(30)6-4-16)24-15-37(36-35-24)21-7-8-21/h3-6,9-10,14-15,20-21,26,33,35-36H,7-8,11-12H2,1-2H3,(H,32,34)/i26D. The Kier molecular flexibility index (Phi) is 5.56. The molecular weight excluding hydrogens is 489 g/mol. The number of benzene rings is 2. The lowest BCUT2D eigenvalue weighted by atomic mass is 9.68. The number of hydrazine groups is 2. The van der Waals surface area contributed by atoms with Crippen LogP contribution in [0.15, 0.2) is 54.5 Å². The predicted octanol–water partition coefficient (Wildman–Crippen LogP) is 5.98. The molecule has 4 N–H and O–H groups in total. The number of rotatable bonds is 7. The van der Waals surface area contributed by atoms with E-state index in [9.17, 15) is 11.0 Å². The number of nitriles is 1. The van der Waals surface area contributed by atoms with Crippen LogP contribution in [-0.4, -0.2) is 22.1 Å². The van der Waals surface area contributed by atoms with Crippen molar-refractivity contribution in [2.75, 3.05) is 10.6 Å². The van der Waals surface area contributed by atoms with E-state index in [1.807, 2.05) is 17.3 Å². The van der Waals surface area contributed by atoms with Crippen molar-refractivity contribution in [1.29, 1.82) is 5.26 Å². The van der Waals surface area contributed by atoms with E-state index >= 15 is 0 Å². The van der Waals surface area contributed by atoms with Crippen LogP contribution in [0, 0.1) is 22.6 Å². The monoisotopic (exact) mass is 518 g/mol. The number of hydrogen-bond acceptors (Lipinski definition) is 7. The van der Waals surface area contributed by atoms with Crippen LogP contribution in [0.1, 0.15) is 58.0 Å². The maximum absolute atomic E-state index is 13.8. The average Bonchev–Trinajstić information content (AvgIpc) is 3.59. The lowest BCUT2D eigenvalue weighted by molar-refractivity contribution is 0.167. The van der Waals surface area contributed by atoms with Crippen molar-refractivity contribution in [3.8, 4) is 6.07 Å². The van der Waals surface area contributed by atoms with Crippen molar-refractivity contribution in [2.45, 2.75) is 57.6 Å². The minimum atomic E-state index is -1.49. The van der Waals surface area contributed by atoms with E-state index in [1.165, 1.54) is 12.1 Å². The van der Waals surface area contributed by atoms with Gasteiger partial charge < -0.3 is 16.1 Å². The van der Waals surface area contributed by atoms with Gasteiger partial charge in [0.15, 0.2) is 0 Å². The molecule has 0 saturated heterocycles. The molecule has 190 valence electrons. The quantitative estimate of drug-likeness (QED) is 0.306. The van der Waals surface area contributed by atoms with Gasteiger partial charge >= 0.3 is 0 Å². The maximum atomic E-state index is 13.8. The highest BCUT2D eigenvalue weighted by Crippen LogP contribution is 2.43. The van der Waals surface area contributed by atoms with Gasteiger partial charge in [0, 0.05) is 35.6 Å². The highest BCUT2D eigenvalue weighted by atomic mass is 35.5. The minimum absolute atomic E-state index is 0.250. The normalized spacial score (nSPS) is 20.8. The summed E-state index contributed by atoms with van der Waals surface area (Å²) in [5, 5.41) is 19.8. The third-order valence-electron chi connectivity index (χ3n) is 7.19. The molecule has 1 aromatic heterocycles. The Morgan fingerprint density at radius 2 is 2.03 bits per heavy atom. The van der Waals surface area contributed by atoms with Crippen LogP contribution >= 0.6 is 11.6 Å². The molecule has 2 aromatic carbocycles. The SMILES string of the molecule is [2H]C(Nc1cc(Cl)c2ncc(C#N)c(NC3CC(C)(C)C3)c2c1)(C1=CN(C2CC2)NN1)c1ccc(F)cc1. The Morgan fingerprint density at radius 3 is 2.70 bits per heavy atom. The number of aromatic nitrogens is 1. The Morgan fingerprint density at radius 1 is 1.27 bits per heavy atom. The second-order valence-electron chi connectivity index (χ2n) is 10.9. The Labute approximate surface area is 222 Å². The fourth-order valence-corrected chi connectivity index (χ4v) is 5.48. The summed E-state index contributed by atoms with van der Waals surface area (Å²) in [6.07, 6.45) is 7.58. The van der Waals surface area contributed by atoms with Crippen LogP contribution in [0.5, 0.6) is 0 Å². The van der Waals surface area contributed by atoms with Gasteiger partial charge in [-0.05, 0) is 60.9 Å². The number of fused-ring (bicyclic) bond motifs is 1. The summed E-state index contributed by atoms with van der Waals surface area (Å²) in [7, 11) is 0. The van der Waals surface area contributed by atoms with E-state index in [0.29, 0.717) is 50.2 Å². The minimum Gasteiger partial charge on any atom is -0.381 e. The van der Waals surface area contributed by atoms with Gasteiger partial charge in [-0.15, -0.1) is 5.53 Å². The summed E-state index contributed by atoms with van der Waals surface area (Å²) in [6, 6.07) is 10.9. The van der Waals surface area contributed by atoms with Crippen molar-refractivity contribution in [2.24, 2.45) is 5.41 Å². The van der Waals surface area contributed by atoms with E-state index < -0.39 is 6.02 Å². The fourth-order valence-electron chi connectivity index (χ4n) is 5.21. The second-order valence-corrected chi connectivity index (χ2v) is 11.3. The number of pyridine rings is 1. The highest BCUT2D eigenvalue weighted by Gasteiger charge is 2.36. The van der Waals surface area contributed by atoms with Crippen LogP contribution < -0.4 is 21.6 Å². The molecule has 2 saturated carbocycles. The largest absolute Gasteiger partial charge is 0.381 e. The van der Waals surface area contributed by atoms with Crippen LogP contribution in [0.25, 0.3) is 10.9 Å². The number of nitrogens with zero attached hydrogens (tertiary/aromatic N) is 3. The first-order valence-corrected chi connectivity index (χ1v) is 12.9. The topological polar surface area (TPSA) is 88.0 Å². The Hall–Kier alpha value is -3.54. The molecule has 2 heterocycles. The fraction of sp³-hybridized carbons (Fsp3) is 0.357. The summed E-state index contributed by atoms with van der Waals surface area (Å²) in [4.78, 5) is 4.46. The molecule has 6 rings (SSSR count). The van der Waals surface area contributed by atoms with E-state index in [4.69, 9.17) is 11.6 Å². The molecule has 0 bridgehead atoms. The van der Waals surface area contributed by atoms with Gasteiger partial charge in [0.2, 0.25) is 0 Å². The summed E-state index contributed by atoms with van der Waals surface area (Å²) in [6.45, 7) is 4.46. The summed E-state index contributed by atoms with van der Waals surface area (Å²) >= 11 is 6.71. The molecule has 0 amide bonds. The van der Waals surface area contributed by atoms with Crippen LogP contribution in [-0.2, 0) is 0 Å². The summed E-state index contributed by atoms with van der Waals surface area (Å²) < 4.78 is 23.4. The third-order valence-corrected chi connectivity index (χ3v) is 7.48. The van der Waals surface area contributed by atoms with Gasteiger partial charge in [-0.1, -0.05) is 37.6 Å². The van der Waals surface area contributed by atoms with Gasteiger partial charge in [-0.2, -0.15) is 5.26 Å². The third kappa shape index (κ3) is 4.77. The van der Waals surface area contributed by atoms with Gasteiger partial charge in [-0.3, -0.25) is 9.99 Å². The van der Waals surface area contributed by atoms with Gasteiger partial charge in [0.25, 0.3) is 0 Å².